The van der Waals surface area contributed by atoms with Gasteiger partial charge in [-0.15, -0.1) is 0 Å². The molecule has 2 aliphatic carbocycles. The predicted molar refractivity (Wildman–Crippen MR) is 69.3 cm³/mol. The Morgan fingerprint density at radius 3 is 2.31 bits per heavy atom. The Balaban J connectivity index is 1.71. The minimum Gasteiger partial charge on any atom is -0.330 e. The van der Waals surface area contributed by atoms with Gasteiger partial charge >= 0.3 is 0 Å². The van der Waals surface area contributed by atoms with Gasteiger partial charge in [-0.3, -0.25) is 0 Å². The molecule has 2 rings (SSSR count). The summed E-state index contributed by atoms with van der Waals surface area (Å²) >= 11 is 0. The maximum absolute atomic E-state index is 5.98. The van der Waals surface area contributed by atoms with Crippen LogP contribution in [0.3, 0.4) is 0 Å². The van der Waals surface area contributed by atoms with Gasteiger partial charge in [-0.2, -0.15) is 0 Å². The van der Waals surface area contributed by atoms with E-state index in [0.29, 0.717) is 10.8 Å². The van der Waals surface area contributed by atoms with E-state index in [1.165, 1.54) is 45.1 Å². The van der Waals surface area contributed by atoms with Gasteiger partial charge in [0.05, 0.1) is 0 Å². The first-order chi connectivity index (χ1) is 7.58. The summed E-state index contributed by atoms with van der Waals surface area (Å²) in [5.41, 5.74) is 7.02. The van der Waals surface area contributed by atoms with Crippen molar-refractivity contribution in [1.82, 2.24) is 5.32 Å². The minimum absolute atomic E-state index is 0.428. The molecule has 16 heavy (non-hydrogen) atoms. The molecule has 0 aromatic carbocycles. The molecule has 3 N–H and O–H groups in total. The van der Waals surface area contributed by atoms with Crippen LogP contribution in [0.25, 0.3) is 0 Å². The maximum Gasteiger partial charge on any atom is 0.00200 e. The molecule has 2 heteroatoms. The summed E-state index contributed by atoms with van der Waals surface area (Å²) in [6.45, 7) is 7.97. The Labute approximate surface area is 100 Å². The van der Waals surface area contributed by atoms with Gasteiger partial charge in [0.15, 0.2) is 0 Å². The molecule has 1 atom stereocenters. The minimum atomic E-state index is 0.428. The highest BCUT2D eigenvalue weighted by Gasteiger charge is 2.45. The molecule has 1 unspecified atom stereocenters. The average Bonchev–Trinajstić information content (AvgIpc) is 2.88. The first-order valence-electron chi connectivity index (χ1n) is 6.99. The molecule has 0 radical (unpaired) electrons. The lowest BCUT2D eigenvalue weighted by atomic mass is 9.74. The van der Waals surface area contributed by atoms with Crippen molar-refractivity contribution in [1.29, 1.82) is 0 Å². The van der Waals surface area contributed by atoms with Crippen molar-refractivity contribution in [2.24, 2.45) is 22.5 Å². The van der Waals surface area contributed by atoms with Crippen molar-refractivity contribution in [3.05, 3.63) is 0 Å². The summed E-state index contributed by atoms with van der Waals surface area (Å²) in [6.07, 6.45) is 8.25. The fourth-order valence-corrected chi connectivity index (χ4v) is 3.19. The molecule has 2 nitrogen and oxygen atoms in total. The monoisotopic (exact) mass is 224 g/mol. The Bertz CT molecular complexity index is 229. The molecule has 94 valence electrons. The summed E-state index contributed by atoms with van der Waals surface area (Å²) in [5.74, 6) is 0.908. The largest absolute Gasteiger partial charge is 0.330 e. The van der Waals surface area contributed by atoms with Gasteiger partial charge in [-0.05, 0) is 49.1 Å². The van der Waals surface area contributed by atoms with E-state index >= 15 is 0 Å². The van der Waals surface area contributed by atoms with Crippen LogP contribution >= 0.6 is 0 Å². The standard InChI is InChI=1S/C14H28N2/c1-13(2)8-12(13)9-16-11-14(10-15)6-4-3-5-7-14/h12,16H,3-11,15H2,1-2H3. The van der Waals surface area contributed by atoms with Crippen molar-refractivity contribution >= 4 is 0 Å². The van der Waals surface area contributed by atoms with Crippen molar-refractivity contribution in [3.8, 4) is 0 Å². The van der Waals surface area contributed by atoms with Crippen LogP contribution in [0, 0.1) is 16.7 Å². The molecule has 0 aromatic rings. The zero-order chi connectivity index (χ0) is 11.6. The van der Waals surface area contributed by atoms with E-state index in [9.17, 15) is 0 Å². The van der Waals surface area contributed by atoms with Crippen LogP contribution in [-0.4, -0.2) is 19.6 Å². The zero-order valence-electron chi connectivity index (χ0n) is 11.0. The molecule has 0 bridgehead atoms. The van der Waals surface area contributed by atoms with E-state index in [2.05, 4.69) is 19.2 Å². The number of hydrogen-bond donors (Lipinski definition) is 2. The maximum atomic E-state index is 5.98. The average molecular weight is 224 g/mol. The van der Waals surface area contributed by atoms with E-state index in [4.69, 9.17) is 5.73 Å². The van der Waals surface area contributed by atoms with E-state index in [1.807, 2.05) is 0 Å². The van der Waals surface area contributed by atoms with E-state index in [1.54, 1.807) is 0 Å². The third-order valence-corrected chi connectivity index (χ3v) is 4.96. The fourth-order valence-electron chi connectivity index (χ4n) is 3.19. The second-order valence-corrected chi connectivity index (χ2v) is 6.79. The van der Waals surface area contributed by atoms with E-state index in [0.717, 1.165) is 19.0 Å². The molecule has 0 heterocycles. The van der Waals surface area contributed by atoms with Gasteiger partial charge in [-0.25, -0.2) is 0 Å². The molecule has 0 spiro atoms. The highest BCUT2D eigenvalue weighted by atomic mass is 14.9. The lowest BCUT2D eigenvalue weighted by molar-refractivity contribution is 0.190. The molecule has 2 saturated carbocycles. The quantitative estimate of drug-likeness (QED) is 0.753. The lowest BCUT2D eigenvalue weighted by Gasteiger charge is -2.36. The number of nitrogens with two attached hydrogens (primary N) is 1. The molecule has 2 fully saturated rings. The van der Waals surface area contributed by atoms with Crippen molar-refractivity contribution < 1.29 is 0 Å². The van der Waals surface area contributed by atoms with Crippen LogP contribution in [0.4, 0.5) is 0 Å². The molecule has 0 amide bonds. The SMILES string of the molecule is CC1(C)CC1CNCC1(CN)CCCCC1. The third-order valence-electron chi connectivity index (χ3n) is 4.96. The normalized spacial score (nSPS) is 31.3. The summed E-state index contributed by atoms with van der Waals surface area (Å²) in [4.78, 5) is 0. The second kappa shape index (κ2) is 4.66. The van der Waals surface area contributed by atoms with Crippen molar-refractivity contribution in [2.75, 3.05) is 19.6 Å². The lowest BCUT2D eigenvalue weighted by Crippen LogP contribution is -2.42. The first kappa shape index (κ1) is 12.4. The second-order valence-electron chi connectivity index (χ2n) is 6.79. The van der Waals surface area contributed by atoms with Crippen molar-refractivity contribution in [3.63, 3.8) is 0 Å². The molecule has 2 aliphatic rings. The Kier molecular flexibility index (Phi) is 3.60. The summed E-state index contributed by atoms with van der Waals surface area (Å²) in [5, 5.41) is 3.68. The number of hydrogen-bond acceptors (Lipinski definition) is 2. The van der Waals surface area contributed by atoms with Crippen LogP contribution in [0.15, 0.2) is 0 Å². The van der Waals surface area contributed by atoms with Crippen LogP contribution in [0.2, 0.25) is 0 Å². The Morgan fingerprint density at radius 2 is 1.81 bits per heavy atom. The van der Waals surface area contributed by atoms with Gasteiger partial charge in [0.2, 0.25) is 0 Å². The van der Waals surface area contributed by atoms with E-state index < -0.39 is 0 Å². The van der Waals surface area contributed by atoms with Crippen molar-refractivity contribution in [2.45, 2.75) is 52.4 Å². The van der Waals surface area contributed by atoms with Crippen LogP contribution in [0.5, 0.6) is 0 Å². The molecular formula is C14H28N2. The van der Waals surface area contributed by atoms with Gasteiger partial charge in [0, 0.05) is 6.54 Å². The van der Waals surface area contributed by atoms with Gasteiger partial charge < -0.3 is 11.1 Å². The van der Waals surface area contributed by atoms with Gasteiger partial charge in [0.1, 0.15) is 0 Å². The third kappa shape index (κ3) is 2.78. The Hall–Kier alpha value is -0.0800. The van der Waals surface area contributed by atoms with E-state index in [-0.39, 0.29) is 0 Å². The number of rotatable bonds is 5. The summed E-state index contributed by atoms with van der Waals surface area (Å²) < 4.78 is 0. The van der Waals surface area contributed by atoms with Crippen LogP contribution in [0.1, 0.15) is 52.4 Å². The fraction of sp³-hybridized carbons (Fsp3) is 1.00. The highest BCUT2D eigenvalue weighted by molar-refractivity contribution is 4.96. The molecule has 0 saturated heterocycles. The highest BCUT2D eigenvalue weighted by Crippen LogP contribution is 2.51. The Morgan fingerprint density at radius 1 is 1.19 bits per heavy atom. The van der Waals surface area contributed by atoms with Crippen LogP contribution in [-0.2, 0) is 0 Å². The number of nitrogens with one attached hydrogen (secondary N) is 1. The summed E-state index contributed by atoms with van der Waals surface area (Å²) in [6, 6.07) is 0. The topological polar surface area (TPSA) is 38.0 Å². The first-order valence-corrected chi connectivity index (χ1v) is 6.99. The van der Waals surface area contributed by atoms with Gasteiger partial charge in [-0.1, -0.05) is 33.1 Å². The van der Waals surface area contributed by atoms with Gasteiger partial charge in [0.25, 0.3) is 0 Å². The summed E-state index contributed by atoms with van der Waals surface area (Å²) in [7, 11) is 0. The predicted octanol–water partition coefficient (Wildman–Crippen LogP) is 2.53. The zero-order valence-corrected chi connectivity index (χ0v) is 11.0. The molecular weight excluding hydrogens is 196 g/mol. The molecule has 0 aromatic heterocycles. The van der Waals surface area contributed by atoms with Crippen LogP contribution < -0.4 is 11.1 Å². The molecule has 0 aliphatic heterocycles. The smallest absolute Gasteiger partial charge is 0.00200 e.